The number of carbonyl (C=O) groups is 2. The summed E-state index contributed by atoms with van der Waals surface area (Å²) >= 11 is 0. The van der Waals surface area contributed by atoms with Crippen molar-refractivity contribution in [1.29, 1.82) is 0 Å². The highest BCUT2D eigenvalue weighted by molar-refractivity contribution is 6.01. The molecule has 5 nitrogen and oxygen atoms in total. The van der Waals surface area contributed by atoms with Crippen molar-refractivity contribution in [2.75, 3.05) is 14.2 Å². The Bertz CT molecular complexity index is 430. The zero-order valence-corrected chi connectivity index (χ0v) is 13.2. The molecule has 2 amide bonds. The lowest BCUT2D eigenvalue weighted by Crippen LogP contribution is -2.55. The van der Waals surface area contributed by atoms with E-state index in [0.717, 1.165) is 12.8 Å². The Labute approximate surface area is 120 Å². The fourth-order valence-electron chi connectivity index (χ4n) is 3.89. The Balaban J connectivity index is 2.30. The molecule has 114 valence electrons. The van der Waals surface area contributed by atoms with E-state index >= 15 is 0 Å². The molecule has 1 saturated heterocycles. The lowest BCUT2D eigenvalue weighted by molar-refractivity contribution is -0.172. The smallest absolute Gasteiger partial charge is 0.237 e. The average molecular weight is 283 g/mol. The minimum absolute atomic E-state index is 0.0356. The lowest BCUT2D eigenvalue weighted by atomic mass is 9.75. The van der Waals surface area contributed by atoms with Crippen LogP contribution in [0.2, 0.25) is 0 Å². The molecule has 2 fully saturated rings. The van der Waals surface area contributed by atoms with Gasteiger partial charge in [0.2, 0.25) is 11.8 Å². The van der Waals surface area contributed by atoms with Crippen molar-refractivity contribution in [3.63, 3.8) is 0 Å². The molecule has 2 bridgehead atoms. The number of likely N-dealkylation sites (tertiary alicyclic amines) is 1. The van der Waals surface area contributed by atoms with Gasteiger partial charge in [0.05, 0.1) is 11.5 Å². The summed E-state index contributed by atoms with van der Waals surface area (Å²) in [5.74, 6) is -0.777. The second-order valence-corrected chi connectivity index (χ2v) is 6.73. The summed E-state index contributed by atoms with van der Waals surface area (Å²) in [6, 6.07) is 0. The van der Waals surface area contributed by atoms with Crippen molar-refractivity contribution in [1.82, 2.24) is 4.90 Å². The number of piperidine rings is 1. The highest BCUT2D eigenvalue weighted by atomic mass is 16.7. The van der Waals surface area contributed by atoms with Crippen LogP contribution in [0, 0.1) is 17.3 Å². The molecule has 0 aromatic carbocycles. The number of hydrogen-bond donors (Lipinski definition) is 0. The Morgan fingerprint density at radius 2 is 1.85 bits per heavy atom. The van der Waals surface area contributed by atoms with Crippen LogP contribution in [0.5, 0.6) is 0 Å². The monoisotopic (exact) mass is 283 g/mol. The second kappa shape index (κ2) is 4.81. The van der Waals surface area contributed by atoms with Gasteiger partial charge >= 0.3 is 0 Å². The summed E-state index contributed by atoms with van der Waals surface area (Å²) < 4.78 is 10.3. The van der Waals surface area contributed by atoms with Gasteiger partial charge in [-0.1, -0.05) is 13.8 Å². The number of hydrogen-bond acceptors (Lipinski definition) is 4. The Morgan fingerprint density at radius 3 is 2.25 bits per heavy atom. The number of nitrogens with zero attached hydrogens (tertiary/aromatic N) is 1. The van der Waals surface area contributed by atoms with Crippen molar-refractivity contribution in [2.24, 2.45) is 17.3 Å². The van der Waals surface area contributed by atoms with Gasteiger partial charge in [-0.2, -0.15) is 0 Å². The fraction of sp³-hybridized carbons (Fsp3) is 0.867. The first-order valence-electron chi connectivity index (χ1n) is 7.16. The van der Waals surface area contributed by atoms with Crippen molar-refractivity contribution >= 4 is 11.8 Å². The molecule has 0 aromatic heterocycles. The van der Waals surface area contributed by atoms with Crippen LogP contribution >= 0.6 is 0 Å². The van der Waals surface area contributed by atoms with E-state index in [9.17, 15) is 9.59 Å². The molecule has 3 atom stereocenters. The molecule has 2 aliphatic rings. The van der Waals surface area contributed by atoms with Crippen molar-refractivity contribution < 1.29 is 19.1 Å². The summed E-state index contributed by atoms with van der Waals surface area (Å²) in [5, 5.41) is 0. The van der Waals surface area contributed by atoms with Crippen LogP contribution in [-0.2, 0) is 19.1 Å². The molecular formula is C15H25NO4. The molecule has 1 saturated carbocycles. The number of carbonyl (C=O) groups excluding carboxylic acids is 2. The topological polar surface area (TPSA) is 55.8 Å². The summed E-state index contributed by atoms with van der Waals surface area (Å²) in [6.45, 7) is 7.95. The first-order valence-corrected chi connectivity index (χ1v) is 7.16. The SMILES string of the molecule is COC(OC)C(C)C(=O)N1C(=O)[C@H]2CC[C@]1(C)C2(C)C. The van der Waals surface area contributed by atoms with Crippen molar-refractivity contribution in [2.45, 2.75) is 52.4 Å². The van der Waals surface area contributed by atoms with Gasteiger partial charge in [-0.15, -0.1) is 0 Å². The van der Waals surface area contributed by atoms with E-state index in [2.05, 4.69) is 13.8 Å². The summed E-state index contributed by atoms with van der Waals surface area (Å²) in [6.07, 6.45) is 1.12. The maximum atomic E-state index is 12.7. The third kappa shape index (κ3) is 1.76. The summed E-state index contributed by atoms with van der Waals surface area (Å²) in [7, 11) is 3.00. The molecule has 20 heavy (non-hydrogen) atoms. The number of amides is 2. The van der Waals surface area contributed by atoms with E-state index in [0.29, 0.717) is 0 Å². The normalized spacial score (nSPS) is 33.0. The summed E-state index contributed by atoms with van der Waals surface area (Å²) in [4.78, 5) is 26.8. The van der Waals surface area contributed by atoms with Gasteiger partial charge in [-0.05, 0) is 32.1 Å². The number of fused-ring (bicyclic) bond motifs is 2. The largest absolute Gasteiger partial charge is 0.355 e. The molecule has 0 N–H and O–H groups in total. The molecule has 1 aliphatic heterocycles. The molecule has 1 unspecified atom stereocenters. The molecular weight excluding hydrogens is 258 g/mol. The lowest BCUT2D eigenvalue weighted by Gasteiger charge is -2.41. The first-order chi connectivity index (χ1) is 9.22. The fourth-order valence-corrected chi connectivity index (χ4v) is 3.89. The minimum atomic E-state index is -0.624. The van der Waals surface area contributed by atoms with Gasteiger partial charge in [0.1, 0.15) is 0 Å². The second-order valence-electron chi connectivity index (χ2n) is 6.73. The van der Waals surface area contributed by atoms with Crippen molar-refractivity contribution in [3.8, 4) is 0 Å². The molecule has 2 rings (SSSR count). The molecule has 0 radical (unpaired) electrons. The van der Waals surface area contributed by atoms with E-state index in [-0.39, 0.29) is 23.1 Å². The number of ether oxygens (including phenoxy) is 2. The minimum Gasteiger partial charge on any atom is -0.355 e. The Hall–Kier alpha value is -0.940. The summed E-state index contributed by atoms with van der Waals surface area (Å²) in [5.41, 5.74) is -0.568. The highest BCUT2D eigenvalue weighted by Crippen LogP contribution is 2.59. The number of methoxy groups -OCH3 is 2. The third-order valence-electron chi connectivity index (χ3n) is 5.67. The molecule has 0 spiro atoms. The van der Waals surface area contributed by atoms with Crippen LogP contribution in [0.1, 0.15) is 40.5 Å². The maximum Gasteiger partial charge on any atom is 0.237 e. The maximum absolute atomic E-state index is 12.7. The van der Waals surface area contributed by atoms with E-state index in [4.69, 9.17) is 9.47 Å². The Kier molecular flexibility index (Phi) is 3.71. The average Bonchev–Trinajstić information content (AvgIpc) is 2.69. The molecule has 1 aliphatic carbocycles. The van der Waals surface area contributed by atoms with Gasteiger partial charge in [0.25, 0.3) is 0 Å². The molecule has 5 heteroatoms. The molecule has 1 heterocycles. The van der Waals surface area contributed by atoms with Gasteiger partial charge in [-0.3, -0.25) is 14.5 Å². The number of rotatable bonds is 4. The van der Waals surface area contributed by atoms with Crippen LogP contribution in [0.3, 0.4) is 0 Å². The highest BCUT2D eigenvalue weighted by Gasteiger charge is 2.67. The van der Waals surface area contributed by atoms with Crippen LogP contribution < -0.4 is 0 Å². The third-order valence-corrected chi connectivity index (χ3v) is 5.67. The van der Waals surface area contributed by atoms with E-state index in [1.807, 2.05) is 6.92 Å². The van der Waals surface area contributed by atoms with Crippen LogP contribution in [-0.4, -0.2) is 42.8 Å². The standard InChI is InChI=1S/C15H25NO4/c1-9(13(19-5)20-6)11(17)16-12(18)10-7-8-15(16,4)14(10,2)3/h9-10,13H,7-8H2,1-6H3/t9?,10-,15-/m1/s1. The quantitative estimate of drug-likeness (QED) is 0.738. The zero-order chi connectivity index (χ0) is 15.3. The predicted molar refractivity (Wildman–Crippen MR) is 73.7 cm³/mol. The van der Waals surface area contributed by atoms with Gasteiger partial charge in [0.15, 0.2) is 6.29 Å². The van der Waals surface area contributed by atoms with Gasteiger partial charge in [-0.25, -0.2) is 0 Å². The Morgan fingerprint density at radius 1 is 1.30 bits per heavy atom. The van der Waals surface area contributed by atoms with E-state index < -0.39 is 17.7 Å². The first kappa shape index (κ1) is 15.4. The van der Waals surface area contributed by atoms with Crippen LogP contribution in [0.15, 0.2) is 0 Å². The van der Waals surface area contributed by atoms with E-state index in [1.165, 1.54) is 19.1 Å². The van der Waals surface area contributed by atoms with Gasteiger partial charge < -0.3 is 9.47 Å². The van der Waals surface area contributed by atoms with Crippen LogP contribution in [0.4, 0.5) is 0 Å². The molecule has 0 aromatic rings. The van der Waals surface area contributed by atoms with Gasteiger partial charge in [0, 0.05) is 20.1 Å². The number of imide groups is 1. The predicted octanol–water partition coefficient (Wildman–Crippen LogP) is 1.81. The zero-order valence-electron chi connectivity index (χ0n) is 13.2. The van der Waals surface area contributed by atoms with E-state index in [1.54, 1.807) is 6.92 Å². The van der Waals surface area contributed by atoms with Crippen LogP contribution in [0.25, 0.3) is 0 Å². The van der Waals surface area contributed by atoms with Crippen molar-refractivity contribution in [3.05, 3.63) is 0 Å².